The highest BCUT2D eigenvalue weighted by atomic mass is 19.2. The van der Waals surface area contributed by atoms with Crippen LogP contribution >= 0.6 is 0 Å². The van der Waals surface area contributed by atoms with E-state index in [1.54, 1.807) is 12.1 Å². The number of halogens is 4. The van der Waals surface area contributed by atoms with Crippen molar-refractivity contribution in [3.05, 3.63) is 47.5 Å². The van der Waals surface area contributed by atoms with Crippen molar-refractivity contribution < 1.29 is 22.3 Å². The summed E-state index contributed by atoms with van der Waals surface area (Å²) >= 11 is 0. The van der Waals surface area contributed by atoms with Gasteiger partial charge in [0.2, 0.25) is 11.6 Å². The highest BCUT2D eigenvalue weighted by Crippen LogP contribution is 2.45. The van der Waals surface area contributed by atoms with Gasteiger partial charge in [-0.2, -0.15) is 4.39 Å². The molecule has 0 amide bonds. The van der Waals surface area contributed by atoms with E-state index in [1.807, 2.05) is 0 Å². The highest BCUT2D eigenvalue weighted by Gasteiger charge is 2.30. The van der Waals surface area contributed by atoms with Gasteiger partial charge in [-0.3, -0.25) is 0 Å². The zero-order valence-corrected chi connectivity index (χ0v) is 8.73. The van der Waals surface area contributed by atoms with Gasteiger partial charge < -0.3 is 10.1 Å². The molecule has 0 bridgehead atoms. The Labute approximate surface area is 98.8 Å². The predicted molar refractivity (Wildman–Crippen MR) is 56.1 cm³/mol. The molecule has 2 aromatic rings. The van der Waals surface area contributed by atoms with Crippen LogP contribution in [0, 0.1) is 23.3 Å². The third-order valence-electron chi connectivity index (χ3n) is 2.58. The first kappa shape index (κ1) is 10.9. The highest BCUT2D eigenvalue weighted by molar-refractivity contribution is 5.76. The number of para-hydroxylation sites is 2. The molecular weight excluding hydrogens is 250 g/mol. The Kier molecular flexibility index (Phi) is 2.19. The fourth-order valence-electron chi connectivity index (χ4n) is 1.72. The Morgan fingerprint density at radius 2 is 1.50 bits per heavy atom. The third kappa shape index (κ3) is 1.35. The smallest absolute Gasteiger partial charge is 0.206 e. The molecule has 18 heavy (non-hydrogen) atoms. The largest absolute Gasteiger partial charge is 0.450 e. The van der Waals surface area contributed by atoms with Crippen LogP contribution < -0.4 is 10.1 Å². The summed E-state index contributed by atoms with van der Waals surface area (Å²) in [7, 11) is 0. The van der Waals surface area contributed by atoms with Gasteiger partial charge in [-0.25, -0.2) is 13.2 Å². The summed E-state index contributed by atoms with van der Waals surface area (Å²) in [6.45, 7) is 0. The second kappa shape index (κ2) is 3.63. The van der Waals surface area contributed by atoms with Crippen LogP contribution in [-0.2, 0) is 0 Å². The monoisotopic (exact) mass is 255 g/mol. The van der Waals surface area contributed by atoms with Crippen molar-refractivity contribution >= 4 is 11.4 Å². The molecule has 1 aliphatic rings. The van der Waals surface area contributed by atoms with Crippen LogP contribution in [0.2, 0.25) is 0 Å². The standard InChI is InChI=1S/C12H5F4NO/c13-7-8(14)10(16)12-11(9(7)15)17-5-3-1-2-4-6(5)18-12/h1-4,17H. The lowest BCUT2D eigenvalue weighted by Crippen LogP contribution is -2.10. The summed E-state index contributed by atoms with van der Waals surface area (Å²) in [5, 5.41) is 2.47. The molecule has 1 heterocycles. The maximum absolute atomic E-state index is 13.5. The van der Waals surface area contributed by atoms with E-state index in [1.165, 1.54) is 12.1 Å². The average Bonchev–Trinajstić information content (AvgIpc) is 2.41. The molecule has 3 rings (SSSR count). The summed E-state index contributed by atoms with van der Waals surface area (Å²) in [5.74, 6) is -7.34. The van der Waals surface area contributed by atoms with Gasteiger partial charge in [-0.1, -0.05) is 12.1 Å². The van der Waals surface area contributed by atoms with E-state index in [9.17, 15) is 17.6 Å². The van der Waals surface area contributed by atoms with E-state index in [0.29, 0.717) is 5.69 Å². The SMILES string of the molecule is Fc1c(F)c(F)c2c(c1F)Nc1ccccc1O2. The Hall–Kier alpha value is -2.24. The first-order valence-corrected chi connectivity index (χ1v) is 4.99. The van der Waals surface area contributed by atoms with Crippen LogP contribution in [0.25, 0.3) is 0 Å². The number of hydrogen-bond donors (Lipinski definition) is 1. The van der Waals surface area contributed by atoms with E-state index >= 15 is 0 Å². The second-order valence-electron chi connectivity index (χ2n) is 3.68. The van der Waals surface area contributed by atoms with Gasteiger partial charge in [0, 0.05) is 0 Å². The molecule has 0 atom stereocenters. The number of benzene rings is 2. The van der Waals surface area contributed by atoms with E-state index in [4.69, 9.17) is 4.74 Å². The fourth-order valence-corrected chi connectivity index (χ4v) is 1.72. The van der Waals surface area contributed by atoms with Gasteiger partial charge >= 0.3 is 0 Å². The summed E-state index contributed by atoms with van der Waals surface area (Å²) in [6, 6.07) is 6.27. The normalized spacial score (nSPS) is 12.2. The molecule has 0 spiro atoms. The number of fused-ring (bicyclic) bond motifs is 2. The molecule has 1 aliphatic heterocycles. The molecule has 2 nitrogen and oxygen atoms in total. The Morgan fingerprint density at radius 1 is 0.833 bits per heavy atom. The van der Waals surface area contributed by atoms with Crippen molar-refractivity contribution in [2.45, 2.75) is 0 Å². The quantitative estimate of drug-likeness (QED) is 0.371. The molecule has 0 fully saturated rings. The van der Waals surface area contributed by atoms with Crippen molar-refractivity contribution in [2.24, 2.45) is 0 Å². The van der Waals surface area contributed by atoms with Crippen molar-refractivity contribution in [2.75, 3.05) is 5.32 Å². The maximum Gasteiger partial charge on any atom is 0.206 e. The van der Waals surface area contributed by atoms with Gasteiger partial charge in [0.05, 0.1) is 5.69 Å². The number of hydrogen-bond acceptors (Lipinski definition) is 2. The number of nitrogens with one attached hydrogen (secondary N) is 1. The van der Waals surface area contributed by atoms with Crippen LogP contribution in [0.15, 0.2) is 24.3 Å². The number of anilines is 2. The fraction of sp³-hybridized carbons (Fsp3) is 0. The van der Waals surface area contributed by atoms with Crippen LogP contribution in [0.5, 0.6) is 11.5 Å². The van der Waals surface area contributed by atoms with Gasteiger partial charge in [-0.05, 0) is 12.1 Å². The van der Waals surface area contributed by atoms with Crippen LogP contribution in [-0.4, -0.2) is 0 Å². The topological polar surface area (TPSA) is 21.3 Å². The molecule has 0 saturated carbocycles. The Balaban J connectivity index is 2.25. The van der Waals surface area contributed by atoms with E-state index in [-0.39, 0.29) is 5.75 Å². The van der Waals surface area contributed by atoms with Gasteiger partial charge in [0.15, 0.2) is 23.1 Å². The first-order chi connectivity index (χ1) is 8.59. The van der Waals surface area contributed by atoms with E-state index < -0.39 is 34.7 Å². The van der Waals surface area contributed by atoms with Gasteiger partial charge in [0.25, 0.3) is 0 Å². The van der Waals surface area contributed by atoms with Crippen molar-refractivity contribution in [1.82, 2.24) is 0 Å². The molecule has 1 N–H and O–H groups in total. The maximum atomic E-state index is 13.5. The molecule has 0 unspecified atom stereocenters. The van der Waals surface area contributed by atoms with Crippen molar-refractivity contribution in [1.29, 1.82) is 0 Å². The molecule has 0 radical (unpaired) electrons. The summed E-state index contributed by atoms with van der Waals surface area (Å²) in [5.41, 5.74) is -0.209. The lowest BCUT2D eigenvalue weighted by molar-refractivity contribution is 0.371. The first-order valence-electron chi connectivity index (χ1n) is 4.99. The van der Waals surface area contributed by atoms with Crippen molar-refractivity contribution in [3.8, 4) is 11.5 Å². The predicted octanol–water partition coefficient (Wildman–Crippen LogP) is 4.09. The van der Waals surface area contributed by atoms with Crippen LogP contribution in [0.1, 0.15) is 0 Å². The molecule has 6 heteroatoms. The Morgan fingerprint density at radius 3 is 2.28 bits per heavy atom. The Bertz CT molecular complexity index is 601. The minimum atomic E-state index is -1.90. The molecule has 0 aromatic heterocycles. The number of ether oxygens (including phenoxy) is 1. The molecule has 92 valence electrons. The lowest BCUT2D eigenvalue weighted by Gasteiger charge is -2.22. The van der Waals surface area contributed by atoms with Crippen LogP contribution in [0.3, 0.4) is 0 Å². The average molecular weight is 255 g/mol. The summed E-state index contributed by atoms with van der Waals surface area (Å²) in [4.78, 5) is 0. The van der Waals surface area contributed by atoms with Gasteiger partial charge in [0.1, 0.15) is 5.69 Å². The molecule has 0 aliphatic carbocycles. The summed E-state index contributed by atoms with van der Waals surface area (Å²) < 4.78 is 58.1. The third-order valence-corrected chi connectivity index (χ3v) is 2.58. The van der Waals surface area contributed by atoms with Crippen LogP contribution in [0.4, 0.5) is 28.9 Å². The molecule has 0 saturated heterocycles. The van der Waals surface area contributed by atoms with E-state index in [0.717, 1.165) is 0 Å². The zero-order chi connectivity index (χ0) is 12.9. The molecule has 2 aromatic carbocycles. The summed E-state index contributed by atoms with van der Waals surface area (Å²) in [6.07, 6.45) is 0. The van der Waals surface area contributed by atoms with E-state index in [2.05, 4.69) is 5.32 Å². The lowest BCUT2D eigenvalue weighted by atomic mass is 10.2. The van der Waals surface area contributed by atoms with Crippen molar-refractivity contribution in [3.63, 3.8) is 0 Å². The van der Waals surface area contributed by atoms with Gasteiger partial charge in [-0.15, -0.1) is 0 Å². The molecular formula is C12H5F4NO. The minimum Gasteiger partial charge on any atom is -0.450 e. The minimum absolute atomic E-state index is 0.203. The number of rotatable bonds is 0. The zero-order valence-electron chi connectivity index (χ0n) is 8.73. The second-order valence-corrected chi connectivity index (χ2v) is 3.68.